The fourth-order valence-corrected chi connectivity index (χ4v) is 2.58. The lowest BCUT2D eigenvalue weighted by Gasteiger charge is -2.20. The molecule has 0 aliphatic heterocycles. The second kappa shape index (κ2) is 8.32. The van der Waals surface area contributed by atoms with Gasteiger partial charge in [0, 0.05) is 21.8 Å². The van der Waals surface area contributed by atoms with E-state index < -0.39 is 6.17 Å². The van der Waals surface area contributed by atoms with Gasteiger partial charge in [-0.1, -0.05) is 60.1 Å². The van der Waals surface area contributed by atoms with E-state index in [1.807, 2.05) is 12.1 Å². The van der Waals surface area contributed by atoms with Gasteiger partial charge in [-0.3, -0.25) is 9.59 Å². The number of benzene rings is 3. The lowest BCUT2D eigenvalue weighted by molar-refractivity contribution is 0.0869. The molecule has 0 aliphatic carbocycles. The molecule has 3 aromatic carbocycles. The Bertz CT molecular complexity index is 881. The largest absolute Gasteiger partial charge is 0.359 e. The Kier molecular flexibility index (Phi) is 5.66. The number of halogens is 1. The second-order valence-electron chi connectivity index (χ2n) is 5.65. The maximum absolute atomic E-state index is 12.9. The quantitative estimate of drug-likeness (QED) is 0.503. The van der Waals surface area contributed by atoms with E-state index in [1.54, 1.807) is 72.8 Å². The van der Waals surface area contributed by atoms with E-state index in [4.69, 9.17) is 11.6 Å². The molecule has 0 saturated carbocycles. The van der Waals surface area contributed by atoms with Crippen molar-refractivity contribution in [3.05, 3.63) is 101 Å². The van der Waals surface area contributed by atoms with Crippen LogP contribution in [0, 0.1) is 0 Å². The summed E-state index contributed by atoms with van der Waals surface area (Å²) in [7, 11) is 0. The number of ketones is 1. The van der Waals surface area contributed by atoms with Gasteiger partial charge in [-0.05, 0) is 36.4 Å². The van der Waals surface area contributed by atoms with E-state index in [1.165, 1.54) is 0 Å². The molecule has 3 rings (SSSR count). The highest BCUT2D eigenvalue weighted by Gasteiger charge is 2.22. The summed E-state index contributed by atoms with van der Waals surface area (Å²) in [5.41, 5.74) is 1.67. The van der Waals surface area contributed by atoms with Crippen LogP contribution in [-0.4, -0.2) is 17.9 Å². The Balaban J connectivity index is 1.84. The van der Waals surface area contributed by atoms with E-state index in [9.17, 15) is 9.59 Å². The highest BCUT2D eigenvalue weighted by Crippen LogP contribution is 2.15. The molecule has 26 heavy (non-hydrogen) atoms. The molecule has 0 aliphatic rings. The van der Waals surface area contributed by atoms with Crippen molar-refractivity contribution >= 4 is 29.0 Å². The zero-order valence-corrected chi connectivity index (χ0v) is 14.6. The maximum atomic E-state index is 12.9. The zero-order chi connectivity index (χ0) is 18.4. The molecule has 0 heterocycles. The van der Waals surface area contributed by atoms with Gasteiger partial charge in [-0.15, -0.1) is 0 Å². The van der Waals surface area contributed by atoms with E-state index in [2.05, 4.69) is 10.6 Å². The minimum absolute atomic E-state index is 0.232. The third kappa shape index (κ3) is 4.49. The SMILES string of the molecule is O=C(N[C@@H](Nc1ccc(Cl)cc1)C(=O)c1ccccc1)c1ccccc1. The molecule has 0 bridgehead atoms. The standard InChI is InChI=1S/C21H17ClN2O2/c22-17-11-13-18(14-12-17)23-20(19(25)15-7-3-1-4-8-15)24-21(26)16-9-5-2-6-10-16/h1-14,20,23H,(H,24,26)/t20-/m1/s1. The fourth-order valence-electron chi connectivity index (χ4n) is 2.45. The van der Waals surface area contributed by atoms with Gasteiger partial charge in [-0.2, -0.15) is 0 Å². The Hall–Kier alpha value is -3.11. The van der Waals surface area contributed by atoms with Crippen LogP contribution >= 0.6 is 11.6 Å². The van der Waals surface area contributed by atoms with Gasteiger partial charge in [0.1, 0.15) is 0 Å². The van der Waals surface area contributed by atoms with Gasteiger partial charge in [0.2, 0.25) is 5.78 Å². The molecule has 0 aromatic heterocycles. The molecule has 0 unspecified atom stereocenters. The number of hydrogen-bond donors (Lipinski definition) is 2. The van der Waals surface area contributed by atoms with Crippen molar-refractivity contribution in [1.29, 1.82) is 0 Å². The van der Waals surface area contributed by atoms with E-state index in [0.29, 0.717) is 21.8 Å². The summed E-state index contributed by atoms with van der Waals surface area (Å²) in [5, 5.41) is 6.42. The monoisotopic (exact) mass is 364 g/mol. The van der Waals surface area contributed by atoms with Crippen molar-refractivity contribution < 1.29 is 9.59 Å². The van der Waals surface area contributed by atoms with Crippen molar-refractivity contribution in [2.45, 2.75) is 6.17 Å². The molecule has 5 heteroatoms. The lowest BCUT2D eigenvalue weighted by atomic mass is 10.1. The topological polar surface area (TPSA) is 58.2 Å². The predicted octanol–water partition coefficient (Wildman–Crippen LogP) is 4.39. The Morgan fingerprint density at radius 1 is 0.731 bits per heavy atom. The number of rotatable bonds is 6. The molecule has 2 N–H and O–H groups in total. The molecule has 0 spiro atoms. The third-order valence-electron chi connectivity index (χ3n) is 3.79. The summed E-state index contributed by atoms with van der Waals surface area (Å²) >= 11 is 5.91. The number of nitrogens with one attached hydrogen (secondary N) is 2. The first-order chi connectivity index (χ1) is 12.6. The molecule has 0 saturated heterocycles. The summed E-state index contributed by atoms with van der Waals surface area (Å²) in [6.45, 7) is 0. The predicted molar refractivity (Wildman–Crippen MR) is 104 cm³/mol. The molecule has 1 atom stereocenters. The highest BCUT2D eigenvalue weighted by atomic mass is 35.5. The summed E-state index contributed by atoms with van der Waals surface area (Å²) in [6.07, 6.45) is -0.911. The van der Waals surface area contributed by atoms with Crippen LogP contribution in [0.2, 0.25) is 5.02 Å². The number of hydrogen-bond acceptors (Lipinski definition) is 3. The number of carbonyl (C=O) groups is 2. The zero-order valence-electron chi connectivity index (χ0n) is 13.9. The first-order valence-corrected chi connectivity index (χ1v) is 8.48. The number of carbonyl (C=O) groups excluding carboxylic acids is 2. The first kappa shape index (κ1) is 17.7. The van der Waals surface area contributed by atoms with Crippen LogP contribution in [0.5, 0.6) is 0 Å². The highest BCUT2D eigenvalue weighted by molar-refractivity contribution is 6.30. The van der Waals surface area contributed by atoms with Crippen molar-refractivity contribution in [3.8, 4) is 0 Å². The van der Waals surface area contributed by atoms with Gasteiger partial charge in [0.05, 0.1) is 0 Å². The molecule has 0 radical (unpaired) electrons. The summed E-state index contributed by atoms with van der Waals surface area (Å²) in [6, 6.07) is 24.5. The van der Waals surface area contributed by atoms with Crippen LogP contribution in [0.25, 0.3) is 0 Å². The molecular weight excluding hydrogens is 348 g/mol. The van der Waals surface area contributed by atoms with Crippen LogP contribution in [0.3, 0.4) is 0 Å². The molecule has 1 amide bonds. The fraction of sp³-hybridized carbons (Fsp3) is 0.0476. The Morgan fingerprint density at radius 3 is 1.85 bits per heavy atom. The van der Waals surface area contributed by atoms with E-state index in [-0.39, 0.29) is 11.7 Å². The minimum atomic E-state index is -0.911. The third-order valence-corrected chi connectivity index (χ3v) is 4.04. The molecule has 4 nitrogen and oxygen atoms in total. The van der Waals surface area contributed by atoms with Crippen LogP contribution in [0.15, 0.2) is 84.9 Å². The van der Waals surface area contributed by atoms with Crippen molar-refractivity contribution in [2.24, 2.45) is 0 Å². The lowest BCUT2D eigenvalue weighted by Crippen LogP contribution is -2.46. The van der Waals surface area contributed by atoms with Crippen molar-refractivity contribution in [2.75, 3.05) is 5.32 Å². The summed E-state index contributed by atoms with van der Waals surface area (Å²) in [4.78, 5) is 25.4. The van der Waals surface area contributed by atoms with Crippen molar-refractivity contribution in [1.82, 2.24) is 5.32 Å². The molecule has 130 valence electrons. The van der Waals surface area contributed by atoms with Crippen LogP contribution in [-0.2, 0) is 0 Å². The van der Waals surface area contributed by atoms with Gasteiger partial charge in [-0.25, -0.2) is 0 Å². The second-order valence-corrected chi connectivity index (χ2v) is 6.09. The van der Waals surface area contributed by atoms with E-state index in [0.717, 1.165) is 0 Å². The van der Waals surface area contributed by atoms with Crippen LogP contribution in [0.1, 0.15) is 20.7 Å². The van der Waals surface area contributed by atoms with Gasteiger partial charge in [0.25, 0.3) is 5.91 Å². The molecular formula is C21H17ClN2O2. The molecule has 3 aromatic rings. The van der Waals surface area contributed by atoms with Crippen LogP contribution < -0.4 is 10.6 Å². The summed E-state index contributed by atoms with van der Waals surface area (Å²) < 4.78 is 0. The van der Waals surface area contributed by atoms with Gasteiger partial charge < -0.3 is 10.6 Å². The smallest absolute Gasteiger partial charge is 0.253 e. The average molecular weight is 365 g/mol. The normalized spacial score (nSPS) is 11.4. The summed E-state index contributed by atoms with van der Waals surface area (Å²) in [5.74, 6) is -0.564. The Morgan fingerprint density at radius 2 is 1.27 bits per heavy atom. The molecule has 0 fully saturated rings. The Labute approximate surface area is 156 Å². The van der Waals surface area contributed by atoms with Gasteiger partial charge >= 0.3 is 0 Å². The maximum Gasteiger partial charge on any atom is 0.253 e. The van der Waals surface area contributed by atoms with Gasteiger partial charge in [0.15, 0.2) is 6.17 Å². The van der Waals surface area contributed by atoms with Crippen molar-refractivity contribution in [3.63, 3.8) is 0 Å². The number of Topliss-reactive ketones (excluding diaryl/α,β-unsaturated/α-hetero) is 1. The van der Waals surface area contributed by atoms with E-state index >= 15 is 0 Å². The number of amides is 1. The van der Waals surface area contributed by atoms with Crippen LogP contribution in [0.4, 0.5) is 5.69 Å². The minimum Gasteiger partial charge on any atom is -0.359 e. The first-order valence-electron chi connectivity index (χ1n) is 8.11. The average Bonchev–Trinajstić information content (AvgIpc) is 2.70. The number of anilines is 1.